The summed E-state index contributed by atoms with van der Waals surface area (Å²) in [5.41, 5.74) is -0.0381. The van der Waals surface area contributed by atoms with Gasteiger partial charge in [0.05, 0.1) is 6.54 Å². The van der Waals surface area contributed by atoms with Crippen molar-refractivity contribution >= 4 is 11.8 Å². The monoisotopic (exact) mass is 182 g/mol. The maximum atomic E-state index is 11.0. The molecule has 0 bridgehead atoms. The van der Waals surface area contributed by atoms with Gasteiger partial charge in [-0.15, -0.1) is 0 Å². The average molecular weight is 182 g/mol. The van der Waals surface area contributed by atoms with Crippen LogP contribution in [0, 0.1) is 0 Å². The molecule has 0 unspecified atom stereocenters. The number of carboxylic acid groups (broad SMARTS) is 1. The Morgan fingerprint density at radius 2 is 2.31 bits per heavy atom. The molecule has 1 N–H and O–H groups in total. The van der Waals surface area contributed by atoms with Crippen molar-refractivity contribution in [2.24, 2.45) is 0 Å². The first-order valence-corrected chi connectivity index (χ1v) is 3.92. The summed E-state index contributed by atoms with van der Waals surface area (Å²) in [6.07, 6.45) is 1.92. The molecule has 0 atom stereocenters. The molecule has 0 amide bonds. The summed E-state index contributed by atoms with van der Waals surface area (Å²) in [6, 6.07) is 1.37. The molecule has 0 aliphatic heterocycles. The lowest BCUT2D eigenvalue weighted by Gasteiger charge is -1.96. The summed E-state index contributed by atoms with van der Waals surface area (Å²) in [5, 5.41) is 12.2. The first kappa shape index (κ1) is 9.44. The fraction of sp³-hybridized carbons (Fsp3) is 0.375. The topological polar surface area (TPSA) is 72.2 Å². The third-order valence-electron chi connectivity index (χ3n) is 1.59. The van der Waals surface area contributed by atoms with E-state index in [0.29, 0.717) is 6.42 Å². The van der Waals surface area contributed by atoms with Crippen LogP contribution in [0.3, 0.4) is 0 Å². The van der Waals surface area contributed by atoms with Crippen molar-refractivity contribution in [1.29, 1.82) is 0 Å². The largest absolute Gasteiger partial charge is 0.476 e. The summed E-state index contributed by atoms with van der Waals surface area (Å²) in [7, 11) is 0. The van der Waals surface area contributed by atoms with Crippen LogP contribution in [0.5, 0.6) is 0 Å². The van der Waals surface area contributed by atoms with Gasteiger partial charge in [0, 0.05) is 12.6 Å². The van der Waals surface area contributed by atoms with Gasteiger partial charge in [-0.3, -0.25) is 9.48 Å². The zero-order chi connectivity index (χ0) is 9.84. The van der Waals surface area contributed by atoms with E-state index in [0.717, 1.165) is 0 Å². The second-order valence-electron chi connectivity index (χ2n) is 2.60. The van der Waals surface area contributed by atoms with Crippen LogP contribution in [-0.4, -0.2) is 26.6 Å². The number of carboxylic acids is 1. The number of Topliss-reactive ketones (excluding diaryl/α,β-unsaturated/α-hetero) is 1. The molecule has 0 saturated carbocycles. The number of rotatable bonds is 4. The van der Waals surface area contributed by atoms with Gasteiger partial charge in [0.25, 0.3) is 0 Å². The molecule has 0 saturated heterocycles. The molecule has 0 fully saturated rings. The van der Waals surface area contributed by atoms with Crippen LogP contribution in [0.4, 0.5) is 0 Å². The summed E-state index contributed by atoms with van der Waals surface area (Å²) >= 11 is 0. The van der Waals surface area contributed by atoms with E-state index in [2.05, 4.69) is 5.10 Å². The Bertz CT molecular complexity index is 330. The second kappa shape index (κ2) is 3.84. The van der Waals surface area contributed by atoms with Crippen molar-refractivity contribution in [1.82, 2.24) is 9.78 Å². The Morgan fingerprint density at radius 3 is 2.77 bits per heavy atom. The van der Waals surface area contributed by atoms with E-state index in [1.165, 1.54) is 16.9 Å². The SMILES string of the molecule is CCC(=O)Cn1ccc(C(=O)O)n1. The highest BCUT2D eigenvalue weighted by atomic mass is 16.4. The van der Waals surface area contributed by atoms with Gasteiger partial charge in [-0.2, -0.15) is 5.10 Å². The van der Waals surface area contributed by atoms with E-state index in [1.54, 1.807) is 6.92 Å². The standard InChI is InChI=1S/C8H10N2O3/c1-2-6(11)5-10-4-3-7(9-10)8(12)13/h3-4H,2,5H2,1H3,(H,12,13). The molecule has 13 heavy (non-hydrogen) atoms. The minimum absolute atomic E-state index is 0.0278. The Balaban J connectivity index is 2.69. The molecule has 0 aliphatic carbocycles. The van der Waals surface area contributed by atoms with Crippen molar-refractivity contribution in [2.45, 2.75) is 19.9 Å². The predicted molar refractivity (Wildman–Crippen MR) is 44.5 cm³/mol. The maximum absolute atomic E-state index is 11.0. The highest BCUT2D eigenvalue weighted by molar-refractivity contribution is 5.85. The van der Waals surface area contributed by atoms with Crippen molar-refractivity contribution in [2.75, 3.05) is 0 Å². The number of ketones is 1. The van der Waals surface area contributed by atoms with Gasteiger partial charge >= 0.3 is 5.97 Å². The van der Waals surface area contributed by atoms with Crippen LogP contribution in [-0.2, 0) is 11.3 Å². The molecule has 1 heterocycles. The molecule has 0 spiro atoms. The average Bonchev–Trinajstić information content (AvgIpc) is 2.52. The molecular formula is C8H10N2O3. The van der Waals surface area contributed by atoms with Gasteiger partial charge < -0.3 is 5.11 Å². The van der Waals surface area contributed by atoms with Crippen LogP contribution in [0.15, 0.2) is 12.3 Å². The van der Waals surface area contributed by atoms with E-state index in [1.807, 2.05) is 0 Å². The lowest BCUT2D eigenvalue weighted by Crippen LogP contribution is -2.10. The minimum Gasteiger partial charge on any atom is -0.476 e. The van der Waals surface area contributed by atoms with E-state index in [4.69, 9.17) is 5.11 Å². The molecule has 70 valence electrons. The Labute approximate surface area is 75.0 Å². The number of hydrogen-bond donors (Lipinski definition) is 1. The van der Waals surface area contributed by atoms with Gasteiger partial charge in [-0.05, 0) is 6.07 Å². The Kier molecular flexibility index (Phi) is 2.79. The molecule has 1 rings (SSSR count). The lowest BCUT2D eigenvalue weighted by molar-refractivity contribution is -0.119. The second-order valence-corrected chi connectivity index (χ2v) is 2.60. The quantitative estimate of drug-likeness (QED) is 0.738. The van der Waals surface area contributed by atoms with Crippen molar-refractivity contribution in [3.8, 4) is 0 Å². The normalized spacial score (nSPS) is 9.92. The van der Waals surface area contributed by atoms with Crippen molar-refractivity contribution in [3.63, 3.8) is 0 Å². The van der Waals surface area contributed by atoms with Gasteiger partial charge in [-0.25, -0.2) is 4.79 Å². The fourth-order valence-corrected chi connectivity index (χ4v) is 0.856. The van der Waals surface area contributed by atoms with Crippen LogP contribution in [0.1, 0.15) is 23.8 Å². The molecular weight excluding hydrogens is 172 g/mol. The number of carbonyl (C=O) groups excluding carboxylic acids is 1. The van der Waals surface area contributed by atoms with Crippen molar-refractivity contribution < 1.29 is 14.7 Å². The van der Waals surface area contributed by atoms with Gasteiger partial charge in [-0.1, -0.05) is 6.92 Å². The van der Waals surface area contributed by atoms with Crippen LogP contribution in [0.25, 0.3) is 0 Å². The van der Waals surface area contributed by atoms with Gasteiger partial charge in [0.2, 0.25) is 0 Å². The van der Waals surface area contributed by atoms with E-state index in [9.17, 15) is 9.59 Å². The smallest absolute Gasteiger partial charge is 0.356 e. The highest BCUT2D eigenvalue weighted by Crippen LogP contribution is 1.96. The van der Waals surface area contributed by atoms with E-state index < -0.39 is 5.97 Å². The third-order valence-corrected chi connectivity index (χ3v) is 1.59. The number of carbonyl (C=O) groups is 2. The first-order valence-electron chi connectivity index (χ1n) is 3.92. The third kappa shape index (κ3) is 2.40. The number of hydrogen-bond acceptors (Lipinski definition) is 3. The molecule has 0 aliphatic rings. The summed E-state index contributed by atoms with van der Waals surface area (Å²) in [5.74, 6) is -1.05. The predicted octanol–water partition coefficient (Wildman–Crippen LogP) is 0.560. The highest BCUT2D eigenvalue weighted by Gasteiger charge is 2.07. The lowest BCUT2D eigenvalue weighted by atomic mass is 10.3. The number of aromatic carboxylic acids is 1. The number of nitrogens with zero attached hydrogens (tertiary/aromatic N) is 2. The summed E-state index contributed by atoms with van der Waals surface area (Å²) in [6.45, 7) is 1.90. The molecule has 0 radical (unpaired) electrons. The molecule has 1 aromatic rings. The molecule has 5 nitrogen and oxygen atoms in total. The van der Waals surface area contributed by atoms with E-state index >= 15 is 0 Å². The zero-order valence-corrected chi connectivity index (χ0v) is 7.23. The van der Waals surface area contributed by atoms with Gasteiger partial charge in [0.1, 0.15) is 0 Å². The first-order chi connectivity index (χ1) is 6.13. The molecule has 5 heteroatoms. The molecule has 1 aromatic heterocycles. The van der Waals surface area contributed by atoms with Crippen LogP contribution in [0.2, 0.25) is 0 Å². The maximum Gasteiger partial charge on any atom is 0.356 e. The Morgan fingerprint density at radius 1 is 1.62 bits per heavy atom. The number of aromatic nitrogens is 2. The van der Waals surface area contributed by atoms with E-state index in [-0.39, 0.29) is 18.0 Å². The van der Waals surface area contributed by atoms with Gasteiger partial charge in [0.15, 0.2) is 11.5 Å². The summed E-state index contributed by atoms with van der Waals surface area (Å²) < 4.78 is 1.33. The van der Waals surface area contributed by atoms with Crippen LogP contribution >= 0.6 is 0 Å². The summed E-state index contributed by atoms with van der Waals surface area (Å²) in [4.78, 5) is 21.4. The fourth-order valence-electron chi connectivity index (χ4n) is 0.856. The van der Waals surface area contributed by atoms with Crippen LogP contribution < -0.4 is 0 Å². The van der Waals surface area contributed by atoms with Crippen molar-refractivity contribution in [3.05, 3.63) is 18.0 Å². The minimum atomic E-state index is -1.08. The zero-order valence-electron chi connectivity index (χ0n) is 7.23. The Hall–Kier alpha value is -1.65. The molecule has 0 aromatic carbocycles.